The molecule has 3 aromatic rings. The lowest BCUT2D eigenvalue weighted by Crippen LogP contribution is -2.33. The molecule has 7 nitrogen and oxygen atoms in total. The summed E-state index contributed by atoms with van der Waals surface area (Å²) in [5.41, 5.74) is 1.78. The van der Waals surface area contributed by atoms with Crippen molar-refractivity contribution in [3.63, 3.8) is 0 Å². The summed E-state index contributed by atoms with van der Waals surface area (Å²) in [5, 5.41) is 14.2. The molecule has 0 aliphatic heterocycles. The van der Waals surface area contributed by atoms with Gasteiger partial charge in [-0.1, -0.05) is 54.9 Å². The van der Waals surface area contributed by atoms with Crippen LogP contribution in [0.3, 0.4) is 0 Å². The van der Waals surface area contributed by atoms with Gasteiger partial charge in [0.05, 0.1) is 17.0 Å². The Morgan fingerprint density at radius 2 is 1.73 bits per heavy atom. The van der Waals surface area contributed by atoms with E-state index in [2.05, 4.69) is 20.8 Å². The second-order valence-electron chi connectivity index (χ2n) is 7.08. The molecule has 1 aromatic heterocycles. The summed E-state index contributed by atoms with van der Waals surface area (Å²) in [7, 11) is 0. The molecule has 4 rings (SSSR count). The lowest BCUT2D eigenvalue weighted by molar-refractivity contribution is -0.113. The smallest absolute Gasteiger partial charge is 0.277 e. The van der Waals surface area contributed by atoms with E-state index in [4.69, 9.17) is 4.42 Å². The van der Waals surface area contributed by atoms with Gasteiger partial charge in [-0.3, -0.25) is 9.59 Å². The fraction of sp³-hybridized carbons (Fsp3) is 0.273. The molecular weight excluding hydrogens is 400 g/mol. The van der Waals surface area contributed by atoms with E-state index in [1.54, 1.807) is 24.3 Å². The Balaban J connectivity index is 1.34. The molecular formula is C22H22N4O3S. The number of rotatable bonds is 7. The number of carbonyl (C=O) groups is 2. The van der Waals surface area contributed by atoms with Crippen molar-refractivity contribution < 1.29 is 14.0 Å². The van der Waals surface area contributed by atoms with Crippen LogP contribution in [0.25, 0.3) is 11.5 Å². The minimum atomic E-state index is -0.249. The quantitative estimate of drug-likeness (QED) is 0.556. The van der Waals surface area contributed by atoms with Crippen LogP contribution >= 0.6 is 11.8 Å². The third-order valence-electron chi connectivity index (χ3n) is 4.89. The maximum absolute atomic E-state index is 12.6. The van der Waals surface area contributed by atoms with Crippen molar-refractivity contribution in [2.24, 2.45) is 0 Å². The van der Waals surface area contributed by atoms with Gasteiger partial charge in [0.25, 0.3) is 11.1 Å². The van der Waals surface area contributed by atoms with Gasteiger partial charge in [-0.2, -0.15) is 0 Å². The lowest BCUT2D eigenvalue weighted by Gasteiger charge is -2.14. The molecule has 0 radical (unpaired) electrons. The van der Waals surface area contributed by atoms with Gasteiger partial charge < -0.3 is 15.1 Å². The van der Waals surface area contributed by atoms with E-state index in [-0.39, 0.29) is 23.6 Å². The van der Waals surface area contributed by atoms with Crippen molar-refractivity contribution in [1.29, 1.82) is 0 Å². The third kappa shape index (κ3) is 5.07. The minimum Gasteiger partial charge on any atom is -0.411 e. The van der Waals surface area contributed by atoms with Gasteiger partial charge in [0.15, 0.2) is 0 Å². The third-order valence-corrected chi connectivity index (χ3v) is 5.71. The molecule has 154 valence electrons. The SMILES string of the molecule is O=C(CSc1nnc(-c2ccccc2)o1)Nc1ccccc1C(=O)NC1CCCC1. The predicted octanol–water partition coefficient (Wildman–Crippen LogP) is 4.14. The minimum absolute atomic E-state index is 0.0923. The number of thioether (sulfide) groups is 1. The second kappa shape index (κ2) is 9.58. The van der Waals surface area contributed by atoms with Crippen LogP contribution in [0.5, 0.6) is 0 Å². The Labute approximate surface area is 178 Å². The highest BCUT2D eigenvalue weighted by Gasteiger charge is 2.20. The molecule has 8 heteroatoms. The van der Waals surface area contributed by atoms with Gasteiger partial charge in [-0.15, -0.1) is 10.2 Å². The van der Waals surface area contributed by atoms with Crippen molar-refractivity contribution in [2.45, 2.75) is 36.9 Å². The highest BCUT2D eigenvalue weighted by atomic mass is 32.2. The molecule has 1 aliphatic rings. The number of amides is 2. The number of para-hydroxylation sites is 1. The van der Waals surface area contributed by atoms with Crippen LogP contribution in [0.15, 0.2) is 64.2 Å². The van der Waals surface area contributed by atoms with E-state index < -0.39 is 0 Å². The van der Waals surface area contributed by atoms with Crippen LogP contribution in [-0.4, -0.2) is 33.8 Å². The molecule has 1 fully saturated rings. The van der Waals surface area contributed by atoms with Gasteiger partial charge in [0.2, 0.25) is 11.8 Å². The first-order chi connectivity index (χ1) is 14.7. The number of carbonyl (C=O) groups excluding carboxylic acids is 2. The molecule has 0 saturated heterocycles. The van der Waals surface area contributed by atoms with E-state index in [1.165, 1.54) is 0 Å². The normalized spacial score (nSPS) is 13.9. The Bertz CT molecular complexity index is 1020. The average molecular weight is 423 g/mol. The number of hydrogen-bond acceptors (Lipinski definition) is 6. The summed E-state index contributed by atoms with van der Waals surface area (Å²) < 4.78 is 5.60. The van der Waals surface area contributed by atoms with Crippen LogP contribution in [0.4, 0.5) is 5.69 Å². The van der Waals surface area contributed by atoms with Gasteiger partial charge in [-0.25, -0.2) is 0 Å². The number of nitrogens with one attached hydrogen (secondary N) is 2. The van der Waals surface area contributed by atoms with Crippen LogP contribution in [0.1, 0.15) is 36.0 Å². The lowest BCUT2D eigenvalue weighted by atomic mass is 10.1. The molecule has 1 saturated carbocycles. The van der Waals surface area contributed by atoms with Crippen molar-refractivity contribution in [3.8, 4) is 11.5 Å². The Morgan fingerprint density at radius 3 is 2.53 bits per heavy atom. The molecule has 30 heavy (non-hydrogen) atoms. The zero-order chi connectivity index (χ0) is 20.8. The molecule has 1 aliphatic carbocycles. The van der Waals surface area contributed by atoms with Gasteiger partial charge in [-0.05, 0) is 37.1 Å². The van der Waals surface area contributed by atoms with E-state index in [0.29, 0.717) is 22.4 Å². The summed E-state index contributed by atoms with van der Waals surface area (Å²) in [5.74, 6) is 0.0949. The first-order valence-electron chi connectivity index (χ1n) is 9.90. The molecule has 0 bridgehead atoms. The summed E-state index contributed by atoms with van der Waals surface area (Å²) in [4.78, 5) is 25.0. The largest absolute Gasteiger partial charge is 0.411 e. The number of anilines is 1. The van der Waals surface area contributed by atoms with E-state index in [0.717, 1.165) is 43.0 Å². The summed E-state index contributed by atoms with van der Waals surface area (Å²) in [6, 6.07) is 16.7. The van der Waals surface area contributed by atoms with Crippen molar-refractivity contribution >= 4 is 29.3 Å². The number of hydrogen-bond donors (Lipinski definition) is 2. The van der Waals surface area contributed by atoms with Gasteiger partial charge in [0, 0.05) is 11.6 Å². The van der Waals surface area contributed by atoms with Crippen molar-refractivity contribution in [2.75, 3.05) is 11.1 Å². The standard InChI is InChI=1S/C22H22N4O3S/c27-19(14-30-22-26-25-21(29-22)15-8-2-1-3-9-15)24-18-13-7-6-12-17(18)20(28)23-16-10-4-5-11-16/h1-3,6-9,12-13,16H,4-5,10-11,14H2,(H,23,28)(H,24,27). The Kier molecular flexibility index (Phi) is 6.44. The fourth-order valence-corrected chi connectivity index (χ4v) is 3.97. The monoisotopic (exact) mass is 422 g/mol. The number of nitrogens with zero attached hydrogens (tertiary/aromatic N) is 2. The maximum atomic E-state index is 12.6. The highest BCUT2D eigenvalue weighted by molar-refractivity contribution is 7.99. The van der Waals surface area contributed by atoms with Gasteiger partial charge >= 0.3 is 0 Å². The predicted molar refractivity (Wildman–Crippen MR) is 115 cm³/mol. The molecule has 1 heterocycles. The summed E-state index contributed by atoms with van der Waals surface area (Å²) >= 11 is 1.15. The van der Waals surface area contributed by atoms with Crippen LogP contribution < -0.4 is 10.6 Å². The van der Waals surface area contributed by atoms with E-state index in [9.17, 15) is 9.59 Å². The fourth-order valence-electron chi connectivity index (χ4n) is 3.40. The second-order valence-corrected chi connectivity index (χ2v) is 8.00. The van der Waals surface area contributed by atoms with Crippen LogP contribution in [-0.2, 0) is 4.79 Å². The molecule has 2 N–H and O–H groups in total. The Morgan fingerprint density at radius 1 is 1.00 bits per heavy atom. The highest BCUT2D eigenvalue weighted by Crippen LogP contribution is 2.24. The average Bonchev–Trinajstić information content (AvgIpc) is 3.45. The number of aromatic nitrogens is 2. The zero-order valence-electron chi connectivity index (χ0n) is 16.3. The first-order valence-corrected chi connectivity index (χ1v) is 10.9. The number of benzene rings is 2. The topological polar surface area (TPSA) is 97.1 Å². The van der Waals surface area contributed by atoms with E-state index >= 15 is 0 Å². The Hall–Kier alpha value is -3.13. The van der Waals surface area contributed by atoms with Crippen LogP contribution in [0, 0.1) is 0 Å². The summed E-state index contributed by atoms with van der Waals surface area (Å²) in [6.07, 6.45) is 4.29. The summed E-state index contributed by atoms with van der Waals surface area (Å²) in [6.45, 7) is 0. The zero-order valence-corrected chi connectivity index (χ0v) is 17.2. The van der Waals surface area contributed by atoms with Crippen molar-refractivity contribution in [1.82, 2.24) is 15.5 Å². The molecule has 0 atom stereocenters. The molecule has 0 unspecified atom stereocenters. The molecule has 2 aromatic carbocycles. The first kappa shape index (κ1) is 20.2. The maximum Gasteiger partial charge on any atom is 0.277 e. The molecule has 2 amide bonds. The molecule has 0 spiro atoms. The van der Waals surface area contributed by atoms with Crippen molar-refractivity contribution in [3.05, 3.63) is 60.2 Å². The van der Waals surface area contributed by atoms with Crippen LogP contribution in [0.2, 0.25) is 0 Å². The van der Waals surface area contributed by atoms with Gasteiger partial charge in [0.1, 0.15) is 0 Å². The van der Waals surface area contributed by atoms with E-state index in [1.807, 2.05) is 30.3 Å².